The van der Waals surface area contributed by atoms with E-state index in [1.54, 1.807) is 0 Å². The summed E-state index contributed by atoms with van der Waals surface area (Å²) in [5.41, 5.74) is 1.01. The van der Waals surface area contributed by atoms with Crippen LogP contribution in [0, 0.1) is 17.8 Å². The van der Waals surface area contributed by atoms with E-state index in [2.05, 4.69) is 31.0 Å². The number of carbonyl (C=O) groups is 1. The third kappa shape index (κ3) is 4.92. The van der Waals surface area contributed by atoms with Crippen molar-refractivity contribution in [1.82, 2.24) is 14.8 Å². The van der Waals surface area contributed by atoms with E-state index >= 15 is 0 Å². The third-order valence-electron chi connectivity index (χ3n) is 5.43. The van der Waals surface area contributed by atoms with Gasteiger partial charge in [0, 0.05) is 12.6 Å². The molecule has 1 aromatic heterocycles. The fraction of sp³-hybridized carbons (Fsp3) is 0.571. The highest BCUT2D eigenvalue weighted by atomic mass is 32.2. The summed E-state index contributed by atoms with van der Waals surface area (Å²) in [5, 5.41) is 9.22. The first-order valence-corrected chi connectivity index (χ1v) is 10.7. The van der Waals surface area contributed by atoms with Gasteiger partial charge in [0.2, 0.25) is 0 Å². The zero-order chi connectivity index (χ0) is 19.4. The summed E-state index contributed by atoms with van der Waals surface area (Å²) in [6, 6.07) is 9.93. The molecule has 0 bridgehead atoms. The molecule has 1 aliphatic rings. The van der Waals surface area contributed by atoms with Gasteiger partial charge in [0.15, 0.2) is 11.0 Å². The molecule has 146 valence electrons. The Hall–Kier alpha value is -1.82. The normalized spacial score (nSPS) is 22.8. The summed E-state index contributed by atoms with van der Waals surface area (Å²) in [6.45, 7) is 6.69. The number of carbonyl (C=O) groups excluding carboxylic acids is 1. The van der Waals surface area contributed by atoms with Crippen molar-refractivity contribution in [1.29, 1.82) is 0 Å². The number of nitrogens with zero attached hydrogens (tertiary/aromatic N) is 3. The Balaban J connectivity index is 1.58. The number of aromatic nitrogens is 3. The highest BCUT2D eigenvalue weighted by molar-refractivity contribution is 7.99. The highest BCUT2D eigenvalue weighted by Gasteiger charge is 2.33. The third-order valence-corrected chi connectivity index (χ3v) is 6.42. The van der Waals surface area contributed by atoms with Crippen LogP contribution in [-0.2, 0) is 16.6 Å². The van der Waals surface area contributed by atoms with Gasteiger partial charge in [0.1, 0.15) is 6.10 Å². The smallest absolute Gasteiger partial charge is 0.316 e. The average Bonchev–Trinajstić information content (AvgIpc) is 3.01. The Bertz CT molecular complexity index is 760. The molecular weight excluding hydrogens is 358 g/mol. The molecule has 0 aliphatic heterocycles. The van der Waals surface area contributed by atoms with E-state index in [9.17, 15) is 4.79 Å². The number of benzene rings is 1. The van der Waals surface area contributed by atoms with E-state index in [0.29, 0.717) is 17.8 Å². The lowest BCUT2D eigenvalue weighted by molar-refractivity contribution is -0.152. The molecular formula is C21H29N3O2S. The zero-order valence-electron chi connectivity index (χ0n) is 16.6. The molecule has 1 heterocycles. The van der Waals surface area contributed by atoms with E-state index in [0.717, 1.165) is 29.4 Å². The molecule has 0 N–H and O–H groups in total. The van der Waals surface area contributed by atoms with Crippen molar-refractivity contribution in [3.63, 3.8) is 0 Å². The van der Waals surface area contributed by atoms with Crippen LogP contribution >= 0.6 is 11.8 Å². The van der Waals surface area contributed by atoms with E-state index in [-0.39, 0.29) is 17.8 Å². The molecule has 1 aliphatic carbocycles. The van der Waals surface area contributed by atoms with Gasteiger partial charge < -0.3 is 9.30 Å². The Morgan fingerprint density at radius 3 is 2.70 bits per heavy atom. The molecule has 0 saturated heterocycles. The Morgan fingerprint density at radius 2 is 2.00 bits per heavy atom. The van der Waals surface area contributed by atoms with Crippen molar-refractivity contribution >= 4 is 17.7 Å². The SMILES string of the molecule is CC(C)[C@@H]1CC[C@H](C)C[C@@H]1OC(=O)CSc1nnc(-c2ccccc2)n1C. The first kappa shape index (κ1) is 19.9. The number of hydrogen-bond acceptors (Lipinski definition) is 5. The number of ether oxygens (including phenoxy) is 1. The molecule has 5 nitrogen and oxygen atoms in total. The predicted molar refractivity (Wildman–Crippen MR) is 108 cm³/mol. The largest absolute Gasteiger partial charge is 0.461 e. The summed E-state index contributed by atoms with van der Waals surface area (Å²) >= 11 is 1.38. The van der Waals surface area contributed by atoms with E-state index in [1.807, 2.05) is 41.9 Å². The fourth-order valence-corrected chi connectivity index (χ4v) is 4.55. The Morgan fingerprint density at radius 1 is 1.26 bits per heavy atom. The van der Waals surface area contributed by atoms with Crippen LogP contribution in [0.1, 0.15) is 40.0 Å². The topological polar surface area (TPSA) is 57.0 Å². The monoisotopic (exact) mass is 387 g/mol. The van der Waals surface area contributed by atoms with Crippen LogP contribution in [0.3, 0.4) is 0 Å². The van der Waals surface area contributed by atoms with E-state index in [1.165, 1.54) is 18.2 Å². The molecule has 0 spiro atoms. The average molecular weight is 388 g/mol. The summed E-state index contributed by atoms with van der Waals surface area (Å²) in [6.07, 6.45) is 3.39. The molecule has 1 saturated carbocycles. The second-order valence-corrected chi connectivity index (χ2v) is 8.82. The summed E-state index contributed by atoms with van der Waals surface area (Å²) in [5.74, 6) is 2.53. The minimum Gasteiger partial charge on any atom is -0.461 e. The van der Waals surface area contributed by atoms with Crippen molar-refractivity contribution in [2.45, 2.75) is 51.3 Å². The van der Waals surface area contributed by atoms with Crippen LogP contribution in [0.25, 0.3) is 11.4 Å². The molecule has 1 fully saturated rings. The number of thioether (sulfide) groups is 1. The molecule has 0 amide bonds. The van der Waals surface area contributed by atoms with Gasteiger partial charge in [0.05, 0.1) is 5.75 Å². The van der Waals surface area contributed by atoms with Crippen LogP contribution < -0.4 is 0 Å². The van der Waals surface area contributed by atoms with Gasteiger partial charge in [-0.3, -0.25) is 4.79 Å². The molecule has 3 rings (SSSR count). The molecule has 6 heteroatoms. The van der Waals surface area contributed by atoms with Crippen molar-refractivity contribution in [3.05, 3.63) is 30.3 Å². The first-order valence-electron chi connectivity index (χ1n) is 9.72. The summed E-state index contributed by atoms with van der Waals surface area (Å²) in [4.78, 5) is 12.4. The van der Waals surface area contributed by atoms with Crippen molar-refractivity contribution in [2.24, 2.45) is 24.8 Å². The predicted octanol–water partition coefficient (Wildman–Crippen LogP) is 4.58. The van der Waals surface area contributed by atoms with Crippen LogP contribution in [0.2, 0.25) is 0 Å². The van der Waals surface area contributed by atoms with Gasteiger partial charge in [-0.25, -0.2) is 0 Å². The number of rotatable bonds is 6. The molecule has 27 heavy (non-hydrogen) atoms. The number of esters is 1. The van der Waals surface area contributed by atoms with Crippen molar-refractivity contribution in [3.8, 4) is 11.4 Å². The van der Waals surface area contributed by atoms with Crippen molar-refractivity contribution < 1.29 is 9.53 Å². The minimum atomic E-state index is -0.158. The molecule has 2 aromatic rings. The van der Waals surface area contributed by atoms with Gasteiger partial charge in [-0.2, -0.15) is 0 Å². The standard InChI is InChI=1S/C21H29N3O2S/c1-14(2)17-11-10-15(3)12-18(17)26-19(25)13-27-21-23-22-20(24(21)4)16-8-6-5-7-9-16/h5-9,14-15,17-18H,10-13H2,1-4H3/t15-,17-,18-/m0/s1. The van der Waals surface area contributed by atoms with Crippen LogP contribution in [0.4, 0.5) is 0 Å². The highest BCUT2D eigenvalue weighted by Crippen LogP contribution is 2.35. The Kier molecular flexibility index (Phi) is 6.58. The first-order chi connectivity index (χ1) is 13.0. The van der Waals surface area contributed by atoms with Gasteiger partial charge in [-0.1, -0.05) is 69.3 Å². The van der Waals surface area contributed by atoms with Crippen LogP contribution in [0.5, 0.6) is 0 Å². The maximum atomic E-state index is 12.4. The Labute approximate surface area is 165 Å². The second-order valence-electron chi connectivity index (χ2n) is 7.87. The van der Waals surface area contributed by atoms with Crippen LogP contribution in [0.15, 0.2) is 35.5 Å². The summed E-state index contributed by atoms with van der Waals surface area (Å²) < 4.78 is 7.79. The molecule has 0 radical (unpaired) electrons. The van der Waals surface area contributed by atoms with Gasteiger partial charge in [-0.15, -0.1) is 10.2 Å². The zero-order valence-corrected chi connectivity index (χ0v) is 17.4. The minimum absolute atomic E-state index is 0.0428. The molecule has 0 unspecified atom stereocenters. The van der Waals surface area contributed by atoms with E-state index < -0.39 is 0 Å². The van der Waals surface area contributed by atoms with Gasteiger partial charge in [0.25, 0.3) is 0 Å². The van der Waals surface area contributed by atoms with Crippen LogP contribution in [-0.4, -0.2) is 32.6 Å². The second kappa shape index (κ2) is 8.91. The van der Waals surface area contributed by atoms with Gasteiger partial charge in [-0.05, 0) is 30.6 Å². The lowest BCUT2D eigenvalue weighted by Gasteiger charge is -2.36. The molecule has 1 aromatic carbocycles. The van der Waals surface area contributed by atoms with E-state index in [4.69, 9.17) is 4.74 Å². The summed E-state index contributed by atoms with van der Waals surface area (Å²) in [7, 11) is 1.92. The fourth-order valence-electron chi connectivity index (χ4n) is 3.86. The quantitative estimate of drug-likeness (QED) is 0.536. The van der Waals surface area contributed by atoms with Gasteiger partial charge >= 0.3 is 5.97 Å². The maximum Gasteiger partial charge on any atom is 0.316 e. The number of hydrogen-bond donors (Lipinski definition) is 0. The molecule has 3 atom stereocenters. The maximum absolute atomic E-state index is 12.4. The lowest BCUT2D eigenvalue weighted by atomic mass is 9.75. The van der Waals surface area contributed by atoms with Crippen molar-refractivity contribution in [2.75, 3.05) is 5.75 Å². The lowest BCUT2D eigenvalue weighted by Crippen LogP contribution is -2.36.